The molecule has 4 nitrogen and oxygen atoms in total. The lowest BCUT2D eigenvalue weighted by Gasteiger charge is -2.23. The average Bonchev–Trinajstić information content (AvgIpc) is 1.19. The van der Waals surface area contributed by atoms with E-state index in [4.69, 9.17) is 15.0 Å². The van der Waals surface area contributed by atoms with Gasteiger partial charge in [-0.15, -0.1) is 11.3 Å². The molecule has 0 N–H and O–H groups in total. The van der Waals surface area contributed by atoms with Gasteiger partial charge in [-0.1, -0.05) is 269 Å². The van der Waals surface area contributed by atoms with Gasteiger partial charge in [-0.05, 0) is 214 Å². The molecule has 23 rings (SSSR count). The molecular formula is C101H64N4S. The fourth-order valence-corrected chi connectivity index (χ4v) is 18.9. The Kier molecular flexibility index (Phi) is 14.1. The highest BCUT2D eigenvalue weighted by molar-refractivity contribution is 7.25. The van der Waals surface area contributed by atoms with Crippen molar-refractivity contribution >= 4 is 161 Å². The molecule has 0 spiro atoms. The quantitative estimate of drug-likeness (QED) is 0.165. The van der Waals surface area contributed by atoms with Gasteiger partial charge in [0.15, 0.2) is 0 Å². The van der Waals surface area contributed by atoms with E-state index in [1.54, 1.807) is 0 Å². The second-order valence-corrected chi connectivity index (χ2v) is 29.7. The Morgan fingerprint density at radius 3 is 1.04 bits per heavy atom. The van der Waals surface area contributed by atoms with Crippen molar-refractivity contribution in [2.45, 2.75) is 19.3 Å². The standard InChI is InChI=1S/C41H28N2.C33H19NS.C27H17N/c1-41(2)37-21-25(27-9-7-19-42-24-27)15-17-30(37)31-18-16-26(22-38(31)41)35-23-36-29-11-4-6-13-33(29)40-34(14-8-20-43-40)39(36)32-12-5-3-10-28(32)35;1-3-11-25-21(8-1)28(20-15-16-24-23-10-5-6-14-30(23)35-31(24)18-20)19-29-22-9-2-4-12-26(22)33-27(32(25)29)13-7-17-34-33;1-2-9-18(10-3-1)24-17-25-20-12-5-7-14-22(20)27-23(15-8-16-28-27)26(25)21-13-6-4-11-19(21)24/h3-24H,1-2H3;1-19H;1-17H. The molecule has 0 unspecified atom stereocenters. The van der Waals surface area contributed by atoms with Gasteiger partial charge in [-0.2, -0.15) is 0 Å². The molecule has 1 aliphatic carbocycles. The van der Waals surface area contributed by atoms with Crippen molar-refractivity contribution in [3.05, 3.63) is 364 Å². The predicted molar refractivity (Wildman–Crippen MR) is 453 cm³/mol. The van der Waals surface area contributed by atoms with Gasteiger partial charge in [0.1, 0.15) is 0 Å². The van der Waals surface area contributed by atoms with Crippen molar-refractivity contribution in [2.75, 3.05) is 0 Å². The third-order valence-corrected chi connectivity index (χ3v) is 23.7. The maximum absolute atomic E-state index is 4.84. The number of fused-ring (bicyclic) bond motifs is 30. The molecule has 106 heavy (non-hydrogen) atoms. The summed E-state index contributed by atoms with van der Waals surface area (Å²) in [6.45, 7) is 4.72. The van der Waals surface area contributed by atoms with Crippen molar-refractivity contribution < 1.29 is 0 Å². The van der Waals surface area contributed by atoms with Crippen LogP contribution in [0.25, 0.3) is 205 Å². The maximum Gasteiger partial charge on any atom is 0.0786 e. The molecule has 0 radical (unpaired) electrons. The molecule has 0 saturated carbocycles. The zero-order chi connectivity index (χ0) is 70.1. The van der Waals surface area contributed by atoms with Crippen molar-refractivity contribution in [1.29, 1.82) is 0 Å². The molecule has 0 aliphatic heterocycles. The van der Waals surface area contributed by atoms with Crippen LogP contribution >= 0.6 is 11.3 Å². The molecular weight excluding hydrogens is 1300 g/mol. The minimum absolute atomic E-state index is 0.125. The number of benzene rings is 17. The highest BCUT2D eigenvalue weighted by Gasteiger charge is 2.36. The summed E-state index contributed by atoms with van der Waals surface area (Å²) < 4.78 is 2.67. The fourth-order valence-electron chi connectivity index (χ4n) is 17.7. The van der Waals surface area contributed by atoms with Gasteiger partial charge in [0.2, 0.25) is 0 Å². The Morgan fingerprint density at radius 1 is 0.217 bits per heavy atom. The smallest absolute Gasteiger partial charge is 0.0786 e. The predicted octanol–water partition coefficient (Wildman–Crippen LogP) is 27.8. The lowest BCUT2D eigenvalue weighted by Crippen LogP contribution is -2.15. The van der Waals surface area contributed by atoms with Gasteiger partial charge in [0.25, 0.3) is 0 Å². The second kappa shape index (κ2) is 24.4. The summed E-state index contributed by atoms with van der Waals surface area (Å²) in [6, 6.07) is 117. The van der Waals surface area contributed by atoms with Crippen molar-refractivity contribution in [3.8, 4) is 55.6 Å². The largest absolute Gasteiger partial charge is 0.264 e. The van der Waals surface area contributed by atoms with E-state index in [0.717, 1.165) is 22.1 Å². The van der Waals surface area contributed by atoms with Crippen LogP contribution in [-0.2, 0) is 5.41 Å². The molecule has 5 heterocycles. The van der Waals surface area contributed by atoms with Crippen LogP contribution in [-0.4, -0.2) is 19.9 Å². The van der Waals surface area contributed by atoms with E-state index in [1.165, 1.54) is 194 Å². The molecule has 0 atom stereocenters. The number of rotatable bonds is 4. The van der Waals surface area contributed by atoms with Crippen molar-refractivity contribution in [2.24, 2.45) is 0 Å². The van der Waals surface area contributed by atoms with E-state index in [0.29, 0.717) is 0 Å². The summed E-state index contributed by atoms with van der Waals surface area (Å²) in [6.07, 6.45) is 9.47. The van der Waals surface area contributed by atoms with Gasteiger partial charge in [-0.25, -0.2) is 0 Å². The minimum Gasteiger partial charge on any atom is -0.264 e. The molecule has 0 saturated heterocycles. The summed E-state index contributed by atoms with van der Waals surface area (Å²) in [5.74, 6) is 0. The fraction of sp³-hybridized carbons (Fsp3) is 0.0297. The Hall–Kier alpha value is -13.3. The van der Waals surface area contributed by atoms with Crippen LogP contribution in [0.5, 0.6) is 0 Å². The summed E-state index contributed by atoms with van der Waals surface area (Å²) in [5.41, 5.74) is 18.4. The molecule has 5 heteroatoms. The molecule has 0 amide bonds. The Morgan fingerprint density at radius 2 is 0.566 bits per heavy atom. The van der Waals surface area contributed by atoms with E-state index in [2.05, 4.69) is 328 Å². The Balaban J connectivity index is 0.000000104. The van der Waals surface area contributed by atoms with E-state index in [-0.39, 0.29) is 5.41 Å². The Bertz CT molecular complexity index is 7420. The first kappa shape index (κ1) is 61.4. The lowest BCUT2D eigenvalue weighted by atomic mass is 9.80. The molecule has 17 aromatic carbocycles. The summed E-state index contributed by atoms with van der Waals surface area (Å²) in [5, 5.41) is 29.0. The van der Waals surface area contributed by atoms with E-state index in [1.807, 2.05) is 54.5 Å². The molecule has 22 aromatic rings. The van der Waals surface area contributed by atoms with Gasteiger partial charge >= 0.3 is 0 Å². The number of hydrogen-bond donors (Lipinski definition) is 0. The topological polar surface area (TPSA) is 51.6 Å². The van der Waals surface area contributed by atoms with Crippen LogP contribution in [0.1, 0.15) is 25.0 Å². The normalized spacial score (nSPS) is 12.5. The third-order valence-electron chi connectivity index (χ3n) is 22.5. The van der Waals surface area contributed by atoms with Crippen LogP contribution in [0.15, 0.2) is 353 Å². The number of nitrogens with zero attached hydrogens (tertiary/aromatic N) is 4. The van der Waals surface area contributed by atoms with Gasteiger partial charge in [0.05, 0.1) is 16.6 Å². The van der Waals surface area contributed by atoms with Crippen molar-refractivity contribution in [3.63, 3.8) is 0 Å². The van der Waals surface area contributed by atoms with Gasteiger partial charge in [-0.3, -0.25) is 19.9 Å². The van der Waals surface area contributed by atoms with E-state index >= 15 is 0 Å². The molecule has 494 valence electrons. The number of aromatic nitrogens is 4. The first-order valence-corrected chi connectivity index (χ1v) is 37.2. The summed E-state index contributed by atoms with van der Waals surface area (Å²) in [4.78, 5) is 18.7. The summed E-state index contributed by atoms with van der Waals surface area (Å²) >= 11 is 1.88. The first-order valence-electron chi connectivity index (χ1n) is 36.4. The molecule has 5 aromatic heterocycles. The monoisotopic (exact) mass is 1360 g/mol. The van der Waals surface area contributed by atoms with Crippen LogP contribution in [0.4, 0.5) is 0 Å². The second-order valence-electron chi connectivity index (χ2n) is 28.6. The molecule has 0 bridgehead atoms. The maximum atomic E-state index is 4.84. The zero-order valence-corrected chi connectivity index (χ0v) is 59.0. The highest BCUT2D eigenvalue weighted by atomic mass is 32.1. The van der Waals surface area contributed by atoms with Crippen molar-refractivity contribution in [1.82, 2.24) is 19.9 Å². The van der Waals surface area contributed by atoms with Crippen LogP contribution in [0.2, 0.25) is 0 Å². The lowest BCUT2D eigenvalue weighted by molar-refractivity contribution is 0.661. The summed E-state index contributed by atoms with van der Waals surface area (Å²) in [7, 11) is 0. The zero-order valence-electron chi connectivity index (χ0n) is 58.2. The van der Waals surface area contributed by atoms with Crippen LogP contribution in [0.3, 0.4) is 0 Å². The van der Waals surface area contributed by atoms with E-state index < -0.39 is 0 Å². The Labute approximate surface area is 615 Å². The SMILES string of the molecule is CC1(C)c2cc(-c3cccnc3)ccc2-c2ccc(-c3cc4c5ccccc5c5ncccc5c4c4ccccc34)cc21.c1ccc(-c2cc3c4ccccc4c4ncccc4c3c3ccccc23)cc1.c1ccc2c(c1)sc1cc(-c3cc4c5ccccc5c5ncccc5c4c4ccccc34)ccc12. The minimum atomic E-state index is -0.125. The number of pyridine rings is 4. The number of hydrogen-bond acceptors (Lipinski definition) is 5. The van der Waals surface area contributed by atoms with Gasteiger partial charge in [0, 0.05) is 88.9 Å². The van der Waals surface area contributed by atoms with Gasteiger partial charge < -0.3 is 0 Å². The number of thiophene rings is 1. The van der Waals surface area contributed by atoms with Crippen LogP contribution in [0, 0.1) is 0 Å². The molecule has 0 fully saturated rings. The van der Waals surface area contributed by atoms with E-state index in [9.17, 15) is 0 Å². The average molecular weight is 1370 g/mol. The van der Waals surface area contributed by atoms with Crippen LogP contribution < -0.4 is 0 Å². The highest BCUT2D eigenvalue weighted by Crippen LogP contribution is 2.53. The third kappa shape index (κ3) is 9.60. The first-order chi connectivity index (χ1) is 52.4. The molecule has 1 aliphatic rings.